The molecule has 0 bridgehead atoms. The van der Waals surface area contributed by atoms with Crippen molar-refractivity contribution in [2.24, 2.45) is 0 Å². The Hall–Kier alpha value is -1.80. The lowest BCUT2D eigenvalue weighted by Crippen LogP contribution is -2.09. The average molecular weight is 320 g/mol. The van der Waals surface area contributed by atoms with Gasteiger partial charge in [-0.1, -0.05) is 13.8 Å². The van der Waals surface area contributed by atoms with Crippen LogP contribution in [0, 0.1) is 0 Å². The van der Waals surface area contributed by atoms with Crippen molar-refractivity contribution in [3.05, 3.63) is 0 Å². The van der Waals surface area contributed by atoms with Crippen LogP contribution < -0.4 is 0 Å². The minimum Gasteiger partial charge on any atom is -0.299 e. The van der Waals surface area contributed by atoms with Crippen molar-refractivity contribution in [2.45, 2.75) is 53.4 Å². The summed E-state index contributed by atoms with van der Waals surface area (Å²) in [5.74, 6) is -1.72. The predicted molar refractivity (Wildman–Crippen MR) is 75.3 cm³/mol. The van der Waals surface area contributed by atoms with Crippen molar-refractivity contribution >= 4 is 23.5 Å². The molecule has 0 heterocycles. The lowest BCUT2D eigenvalue weighted by atomic mass is 10.3. The summed E-state index contributed by atoms with van der Waals surface area (Å²) in [6, 6.07) is 0. The molecule has 0 radical (unpaired) electrons. The quantitative estimate of drug-likeness (QED) is 0.259. The molecule has 0 N–H and O–H groups in total. The van der Waals surface area contributed by atoms with E-state index in [4.69, 9.17) is 0 Å². The number of Topliss-reactive ketones (excluding diaryl/α,β-unsaturated/α-hetero) is 2. The Morgan fingerprint density at radius 2 is 1.00 bits per heavy atom. The van der Waals surface area contributed by atoms with Crippen LogP contribution in [0.2, 0.25) is 0 Å². The summed E-state index contributed by atoms with van der Waals surface area (Å²) in [5.41, 5.74) is 0. The molecular weight excluding hydrogens is 296 g/mol. The molecular formula is C14H24O8. The Balaban J connectivity index is 0. The van der Waals surface area contributed by atoms with E-state index in [2.05, 4.69) is 19.6 Å². The summed E-state index contributed by atoms with van der Waals surface area (Å²) in [7, 11) is 0. The zero-order valence-electron chi connectivity index (χ0n) is 13.5. The molecule has 0 aromatic heterocycles. The number of rotatable bonds is 10. The van der Waals surface area contributed by atoms with Crippen molar-refractivity contribution in [3.63, 3.8) is 0 Å². The van der Waals surface area contributed by atoms with Gasteiger partial charge < -0.3 is 0 Å². The summed E-state index contributed by atoms with van der Waals surface area (Å²) in [6.07, 6.45) is 1.11. The lowest BCUT2D eigenvalue weighted by Gasteiger charge is -1.99. The van der Waals surface area contributed by atoms with Crippen molar-refractivity contribution in [3.8, 4) is 0 Å². The summed E-state index contributed by atoms with van der Waals surface area (Å²) in [6.45, 7) is 7.15. The Morgan fingerprint density at radius 3 is 1.23 bits per heavy atom. The maximum atomic E-state index is 10.6. The van der Waals surface area contributed by atoms with Gasteiger partial charge in [-0.05, 0) is 26.7 Å². The zero-order valence-corrected chi connectivity index (χ0v) is 13.5. The third kappa shape index (κ3) is 20.5. The number of hydrogen-bond donors (Lipinski definition) is 0. The highest BCUT2D eigenvalue weighted by atomic mass is 17.2. The van der Waals surface area contributed by atoms with Crippen LogP contribution in [0.4, 0.5) is 0 Å². The number of hydrogen-bond acceptors (Lipinski definition) is 8. The van der Waals surface area contributed by atoms with Gasteiger partial charge in [0.15, 0.2) is 0 Å². The second-order valence-corrected chi connectivity index (χ2v) is 4.31. The van der Waals surface area contributed by atoms with Gasteiger partial charge in [0.05, 0.1) is 13.2 Å². The first kappa shape index (κ1) is 22.5. The Bertz CT molecular complexity index is 317. The molecule has 0 fully saturated rings. The Morgan fingerprint density at radius 1 is 0.682 bits per heavy atom. The summed E-state index contributed by atoms with van der Waals surface area (Å²) in [4.78, 5) is 59.1. The van der Waals surface area contributed by atoms with Crippen molar-refractivity contribution in [1.29, 1.82) is 0 Å². The third-order valence-corrected chi connectivity index (χ3v) is 1.67. The van der Waals surface area contributed by atoms with E-state index in [1.807, 2.05) is 13.8 Å². The SMILES string of the molecule is CCCOOC(=O)CC(C)=O.CCCOOC(=O)CC(C)=O. The van der Waals surface area contributed by atoms with E-state index < -0.39 is 11.9 Å². The highest BCUT2D eigenvalue weighted by Gasteiger charge is 2.07. The first-order valence-corrected chi connectivity index (χ1v) is 6.96. The molecule has 0 saturated heterocycles. The normalized spacial score (nSPS) is 9.27. The van der Waals surface area contributed by atoms with Gasteiger partial charge in [-0.2, -0.15) is 9.78 Å². The van der Waals surface area contributed by atoms with Crippen molar-refractivity contribution in [2.75, 3.05) is 13.2 Å². The van der Waals surface area contributed by atoms with Gasteiger partial charge in [-0.25, -0.2) is 9.59 Å². The van der Waals surface area contributed by atoms with Gasteiger partial charge in [-0.15, -0.1) is 0 Å². The summed E-state index contributed by atoms with van der Waals surface area (Å²) < 4.78 is 0. The molecule has 0 amide bonds. The van der Waals surface area contributed by atoms with E-state index in [1.54, 1.807) is 0 Å². The molecule has 128 valence electrons. The number of carbonyl (C=O) groups is 4. The lowest BCUT2D eigenvalue weighted by molar-refractivity contribution is -0.271. The topological polar surface area (TPSA) is 105 Å². The van der Waals surface area contributed by atoms with Crippen LogP contribution >= 0.6 is 0 Å². The first-order chi connectivity index (χ1) is 10.3. The van der Waals surface area contributed by atoms with E-state index >= 15 is 0 Å². The molecule has 0 spiro atoms. The minimum absolute atomic E-state index is 0.219. The van der Waals surface area contributed by atoms with Gasteiger partial charge in [0.25, 0.3) is 0 Å². The van der Waals surface area contributed by atoms with Crippen molar-refractivity contribution < 1.29 is 38.7 Å². The highest BCUT2D eigenvalue weighted by molar-refractivity contribution is 5.94. The molecule has 0 aromatic carbocycles. The van der Waals surface area contributed by atoms with Crippen LogP contribution in [0.25, 0.3) is 0 Å². The Labute approximate surface area is 129 Å². The van der Waals surface area contributed by atoms with Crippen LogP contribution in [0.15, 0.2) is 0 Å². The molecule has 0 saturated carbocycles. The second-order valence-electron chi connectivity index (χ2n) is 4.31. The molecule has 0 atom stereocenters. The summed E-state index contributed by atoms with van der Waals surface area (Å²) >= 11 is 0. The van der Waals surface area contributed by atoms with Gasteiger partial charge >= 0.3 is 11.9 Å². The zero-order chi connectivity index (χ0) is 17.4. The maximum absolute atomic E-state index is 10.6. The van der Waals surface area contributed by atoms with Crippen LogP contribution in [-0.4, -0.2) is 36.7 Å². The first-order valence-electron chi connectivity index (χ1n) is 6.96. The Kier molecular flexibility index (Phi) is 15.9. The van der Waals surface area contributed by atoms with Crippen LogP contribution in [-0.2, 0) is 38.7 Å². The smallest absolute Gasteiger partial charge is 0.299 e. The van der Waals surface area contributed by atoms with E-state index in [0.29, 0.717) is 13.2 Å². The molecule has 0 aliphatic heterocycles. The van der Waals surface area contributed by atoms with E-state index in [0.717, 1.165) is 12.8 Å². The van der Waals surface area contributed by atoms with Crippen LogP contribution in [0.3, 0.4) is 0 Å². The minimum atomic E-state index is -0.633. The number of ketones is 2. The van der Waals surface area contributed by atoms with Crippen molar-refractivity contribution in [1.82, 2.24) is 0 Å². The molecule has 0 rings (SSSR count). The monoisotopic (exact) mass is 320 g/mol. The van der Waals surface area contributed by atoms with Crippen LogP contribution in [0.5, 0.6) is 0 Å². The summed E-state index contributed by atoms with van der Waals surface area (Å²) in [5, 5.41) is 0. The fraction of sp³-hybridized carbons (Fsp3) is 0.714. The molecule has 8 nitrogen and oxygen atoms in total. The molecule has 0 unspecified atom stereocenters. The van der Waals surface area contributed by atoms with Gasteiger partial charge in [0.2, 0.25) is 0 Å². The molecule has 22 heavy (non-hydrogen) atoms. The van der Waals surface area contributed by atoms with E-state index in [9.17, 15) is 19.2 Å². The predicted octanol–water partition coefficient (Wildman–Crippen LogP) is 1.70. The largest absolute Gasteiger partial charge is 0.349 e. The van der Waals surface area contributed by atoms with Gasteiger partial charge in [0.1, 0.15) is 24.4 Å². The highest BCUT2D eigenvalue weighted by Crippen LogP contribution is 1.90. The van der Waals surface area contributed by atoms with E-state index in [1.165, 1.54) is 13.8 Å². The number of carbonyl (C=O) groups excluding carboxylic acids is 4. The fourth-order valence-electron chi connectivity index (χ4n) is 0.847. The maximum Gasteiger partial charge on any atom is 0.349 e. The second kappa shape index (κ2) is 15.6. The standard InChI is InChI=1S/2C7H12O4/c2*1-3-4-10-11-7(9)5-6(2)8/h2*3-5H2,1-2H3. The van der Waals surface area contributed by atoms with Gasteiger partial charge in [-0.3, -0.25) is 19.4 Å². The molecule has 0 aliphatic carbocycles. The third-order valence-electron chi connectivity index (χ3n) is 1.67. The molecule has 0 aromatic rings. The molecule has 8 heteroatoms. The average Bonchev–Trinajstić information content (AvgIpc) is 2.38. The van der Waals surface area contributed by atoms with Crippen LogP contribution in [0.1, 0.15) is 53.4 Å². The molecule has 0 aliphatic rings. The fourth-order valence-corrected chi connectivity index (χ4v) is 0.847. The van der Waals surface area contributed by atoms with E-state index in [-0.39, 0.29) is 24.4 Å². The van der Waals surface area contributed by atoms with Gasteiger partial charge in [0, 0.05) is 0 Å².